The Morgan fingerprint density at radius 3 is 2.56 bits per heavy atom. The largest absolute Gasteiger partial charge is 0.394 e. The minimum atomic E-state index is -0.711. The molecule has 1 aromatic carbocycles. The summed E-state index contributed by atoms with van der Waals surface area (Å²) in [7, 11) is 1.78. The summed E-state index contributed by atoms with van der Waals surface area (Å²) in [5, 5.41) is 15.4. The van der Waals surface area contributed by atoms with Crippen molar-refractivity contribution in [1.82, 2.24) is 5.32 Å². The molecule has 1 aromatic rings. The van der Waals surface area contributed by atoms with Gasteiger partial charge in [-0.3, -0.25) is 14.4 Å². The number of carbonyl (C=O) groups is 3. The predicted molar refractivity (Wildman–Crippen MR) is 137 cm³/mol. The van der Waals surface area contributed by atoms with E-state index in [2.05, 4.69) is 23.3 Å². The minimum Gasteiger partial charge on any atom is -0.394 e. The molecule has 0 saturated heterocycles. The lowest BCUT2D eigenvalue weighted by Crippen LogP contribution is -2.51. The number of amides is 2. The highest BCUT2D eigenvalue weighted by atomic mass is 16.3. The van der Waals surface area contributed by atoms with Crippen LogP contribution in [0.1, 0.15) is 69.8 Å². The molecular formula is C27H39N3O4. The van der Waals surface area contributed by atoms with Gasteiger partial charge >= 0.3 is 0 Å². The Bertz CT molecular complexity index is 965. The maximum atomic E-state index is 13.6. The summed E-state index contributed by atoms with van der Waals surface area (Å²) in [5.74, 6) is -0.564. The van der Waals surface area contributed by atoms with E-state index in [1.54, 1.807) is 11.9 Å². The third kappa shape index (κ3) is 5.76. The van der Waals surface area contributed by atoms with Crippen LogP contribution in [0.2, 0.25) is 0 Å². The molecule has 0 saturated carbocycles. The number of hydrogen-bond donors (Lipinski definition) is 3. The van der Waals surface area contributed by atoms with Crippen molar-refractivity contribution in [2.24, 2.45) is 5.92 Å². The topological polar surface area (TPSA) is 98.7 Å². The number of fused-ring (bicyclic) bond motifs is 1. The first-order chi connectivity index (χ1) is 16.0. The summed E-state index contributed by atoms with van der Waals surface area (Å²) in [4.78, 5) is 40.1. The van der Waals surface area contributed by atoms with Crippen LogP contribution in [0.4, 0.5) is 11.4 Å². The maximum Gasteiger partial charge on any atom is 0.243 e. The maximum absolute atomic E-state index is 13.6. The smallest absolute Gasteiger partial charge is 0.243 e. The van der Waals surface area contributed by atoms with Crippen LogP contribution in [0.15, 0.2) is 36.4 Å². The second kappa shape index (κ2) is 11.5. The molecule has 3 N–H and O–H groups in total. The van der Waals surface area contributed by atoms with Crippen molar-refractivity contribution in [2.45, 2.75) is 71.4 Å². The molecule has 0 aliphatic carbocycles. The van der Waals surface area contributed by atoms with E-state index in [4.69, 9.17) is 0 Å². The fourth-order valence-corrected chi connectivity index (χ4v) is 4.71. The monoisotopic (exact) mass is 469 g/mol. The lowest BCUT2D eigenvalue weighted by Gasteiger charge is -2.35. The number of Topliss-reactive ketones (excluding diaryl/α,β-unsaturated/α-hetero) is 1. The summed E-state index contributed by atoms with van der Waals surface area (Å²) in [6, 6.07) is 2.49. The fourth-order valence-electron chi connectivity index (χ4n) is 4.71. The van der Waals surface area contributed by atoms with Gasteiger partial charge in [0.1, 0.15) is 6.04 Å². The molecule has 3 atom stereocenters. The van der Waals surface area contributed by atoms with Crippen molar-refractivity contribution in [1.29, 1.82) is 0 Å². The predicted octanol–water partition coefficient (Wildman–Crippen LogP) is 3.97. The number of nitrogens with one attached hydrogen (secondary N) is 2. The number of allylic oxidation sites excluding steroid dienone is 3. The van der Waals surface area contributed by atoms with Gasteiger partial charge in [-0.2, -0.15) is 0 Å². The van der Waals surface area contributed by atoms with Gasteiger partial charge in [-0.15, -0.1) is 6.58 Å². The zero-order chi connectivity index (χ0) is 25.6. The number of carbonyl (C=O) groups excluding carboxylic acids is 3. The number of benzene rings is 1. The van der Waals surface area contributed by atoms with Crippen molar-refractivity contribution in [3.8, 4) is 0 Å². The Morgan fingerprint density at radius 1 is 1.35 bits per heavy atom. The molecule has 0 unspecified atom stereocenters. The molecule has 34 heavy (non-hydrogen) atoms. The van der Waals surface area contributed by atoms with Crippen molar-refractivity contribution < 1.29 is 19.5 Å². The first kappa shape index (κ1) is 27.3. The molecule has 186 valence electrons. The molecule has 7 heteroatoms. The van der Waals surface area contributed by atoms with Crippen LogP contribution in [-0.4, -0.2) is 48.9 Å². The average molecular weight is 470 g/mol. The van der Waals surface area contributed by atoms with Gasteiger partial charge in [0.2, 0.25) is 12.3 Å². The van der Waals surface area contributed by atoms with Gasteiger partial charge in [0, 0.05) is 18.9 Å². The Kier molecular flexibility index (Phi) is 9.21. The van der Waals surface area contributed by atoms with E-state index in [9.17, 15) is 19.5 Å². The van der Waals surface area contributed by atoms with Crippen LogP contribution in [0.5, 0.6) is 0 Å². The van der Waals surface area contributed by atoms with Gasteiger partial charge in [0.25, 0.3) is 0 Å². The van der Waals surface area contributed by atoms with Crippen LogP contribution in [0, 0.1) is 5.92 Å². The average Bonchev–Trinajstić information content (AvgIpc) is 2.80. The SMILES string of the molecule is C=C[C@@](C)(CCC=C(C)C)c1ccc2c(c1NC=O)C(=O)C[C@@H](CO)NC(=O)[C@H](C(C)C)N2C. The van der Waals surface area contributed by atoms with E-state index in [0.29, 0.717) is 23.3 Å². The van der Waals surface area contributed by atoms with Crippen molar-refractivity contribution in [2.75, 3.05) is 23.9 Å². The molecule has 0 bridgehead atoms. The van der Waals surface area contributed by atoms with Gasteiger partial charge in [0.15, 0.2) is 5.78 Å². The van der Waals surface area contributed by atoms with E-state index in [-0.39, 0.29) is 30.6 Å². The second-order valence-corrected chi connectivity index (χ2v) is 9.90. The second-order valence-electron chi connectivity index (χ2n) is 9.90. The number of aliphatic hydroxyl groups is 1. The number of hydrogen-bond acceptors (Lipinski definition) is 5. The van der Waals surface area contributed by atoms with Gasteiger partial charge in [-0.25, -0.2) is 0 Å². The summed E-state index contributed by atoms with van der Waals surface area (Å²) in [6.07, 6.45) is 6.06. The van der Waals surface area contributed by atoms with Crippen LogP contribution < -0.4 is 15.5 Å². The number of nitrogens with zero attached hydrogens (tertiary/aromatic N) is 1. The van der Waals surface area contributed by atoms with Crippen molar-refractivity contribution in [3.05, 3.63) is 47.6 Å². The summed E-state index contributed by atoms with van der Waals surface area (Å²) < 4.78 is 0. The van der Waals surface area contributed by atoms with E-state index >= 15 is 0 Å². The van der Waals surface area contributed by atoms with E-state index in [1.165, 1.54) is 5.57 Å². The third-order valence-electron chi connectivity index (χ3n) is 6.64. The number of anilines is 2. The molecule has 1 aliphatic rings. The first-order valence-electron chi connectivity index (χ1n) is 11.8. The quantitative estimate of drug-likeness (QED) is 0.375. The highest BCUT2D eigenvalue weighted by Gasteiger charge is 2.36. The number of ketones is 1. The highest BCUT2D eigenvalue weighted by molar-refractivity contribution is 6.10. The van der Waals surface area contributed by atoms with Crippen LogP contribution in [-0.2, 0) is 15.0 Å². The summed E-state index contributed by atoms with van der Waals surface area (Å²) in [6.45, 7) is 13.7. The number of aliphatic hydroxyl groups excluding tert-OH is 1. The third-order valence-corrected chi connectivity index (χ3v) is 6.64. The molecule has 1 heterocycles. The van der Waals surface area contributed by atoms with Gasteiger partial charge in [-0.1, -0.05) is 44.6 Å². The van der Waals surface area contributed by atoms with Gasteiger partial charge < -0.3 is 20.6 Å². The van der Waals surface area contributed by atoms with Crippen LogP contribution in [0.3, 0.4) is 0 Å². The van der Waals surface area contributed by atoms with E-state index < -0.39 is 17.5 Å². The Hall–Kier alpha value is -2.93. The molecule has 0 radical (unpaired) electrons. The zero-order valence-corrected chi connectivity index (χ0v) is 21.3. The molecule has 0 fully saturated rings. The van der Waals surface area contributed by atoms with Gasteiger partial charge in [-0.05, 0) is 44.2 Å². The zero-order valence-electron chi connectivity index (χ0n) is 21.3. The Labute approximate surface area is 203 Å². The molecule has 2 rings (SSSR count). The number of rotatable bonds is 9. The molecule has 0 aromatic heterocycles. The standard InChI is InChI=1S/C27H39N3O4/c1-8-27(6,13-9-10-17(2)3)20-11-12-21-23(24(20)28-16-32)22(33)14-19(15-31)29-26(34)25(18(4)5)30(21)7/h8,10-12,16,18-19,25,31H,1,9,13-15H2,2-7H3,(H,28,32)(H,29,34)/t19-,25-,27-/m0/s1. The lowest BCUT2D eigenvalue weighted by atomic mass is 9.76. The number of likely N-dealkylation sites (N-methyl/N-ethyl adjacent to an activating group) is 1. The van der Waals surface area contributed by atoms with Crippen molar-refractivity contribution >= 4 is 29.5 Å². The summed E-state index contributed by atoms with van der Waals surface area (Å²) in [5.41, 5.74) is 2.85. The molecule has 1 aliphatic heterocycles. The fraction of sp³-hybridized carbons (Fsp3) is 0.519. The molecule has 7 nitrogen and oxygen atoms in total. The Morgan fingerprint density at radius 2 is 2.03 bits per heavy atom. The normalized spacial score (nSPS) is 20.3. The van der Waals surface area contributed by atoms with E-state index in [0.717, 1.165) is 18.4 Å². The van der Waals surface area contributed by atoms with Crippen LogP contribution in [0.25, 0.3) is 0 Å². The molecule has 0 spiro atoms. The van der Waals surface area contributed by atoms with E-state index in [1.807, 2.05) is 52.8 Å². The van der Waals surface area contributed by atoms with Crippen LogP contribution >= 0.6 is 0 Å². The summed E-state index contributed by atoms with van der Waals surface area (Å²) >= 11 is 0. The first-order valence-corrected chi connectivity index (χ1v) is 11.8. The minimum absolute atomic E-state index is 0.0601. The molecule has 2 amide bonds. The Balaban J connectivity index is 2.80. The van der Waals surface area contributed by atoms with Crippen molar-refractivity contribution in [3.63, 3.8) is 0 Å². The van der Waals surface area contributed by atoms with Gasteiger partial charge in [0.05, 0.1) is 29.6 Å². The lowest BCUT2D eigenvalue weighted by molar-refractivity contribution is -0.124. The highest BCUT2D eigenvalue weighted by Crippen LogP contribution is 2.42. The molecular weight excluding hydrogens is 430 g/mol.